The van der Waals surface area contributed by atoms with Crippen molar-refractivity contribution >= 4 is 76.8 Å². The number of benzene rings is 1. The molecular weight excluding hydrogens is 420 g/mol. The molecule has 8 nitrogen and oxygen atoms in total. The highest BCUT2D eigenvalue weighted by Crippen LogP contribution is 2.42. The summed E-state index contributed by atoms with van der Waals surface area (Å²) < 4.78 is 1.79. The topological polar surface area (TPSA) is 90.5 Å². The van der Waals surface area contributed by atoms with Crippen molar-refractivity contribution < 1.29 is 9.59 Å². The number of halogens is 1. The number of carbonyl (C=O) groups is 2. The van der Waals surface area contributed by atoms with Gasteiger partial charge in [-0.15, -0.1) is 0 Å². The molecule has 1 aromatic carbocycles. The average molecular weight is 441 g/mol. The Morgan fingerprint density at radius 3 is 1.64 bits per heavy atom. The number of anilines is 2. The van der Waals surface area contributed by atoms with Gasteiger partial charge in [-0.25, -0.2) is 9.97 Å². The van der Waals surface area contributed by atoms with Gasteiger partial charge < -0.3 is 20.4 Å². The molecule has 11 heteroatoms. The zero-order chi connectivity index (χ0) is 20.6. The summed E-state index contributed by atoms with van der Waals surface area (Å²) in [5, 5.41) is 7.05. The predicted molar refractivity (Wildman–Crippen MR) is 117 cm³/mol. The van der Waals surface area contributed by atoms with E-state index in [1.807, 2.05) is 35.1 Å². The number of likely N-dealkylation sites (N-methyl/N-ethyl adjacent to an activating group) is 2. The van der Waals surface area contributed by atoms with E-state index >= 15 is 0 Å². The van der Waals surface area contributed by atoms with Gasteiger partial charge >= 0.3 is 0 Å². The molecule has 0 aliphatic carbocycles. The molecule has 0 fully saturated rings. The first-order valence-electron chi connectivity index (χ1n) is 8.44. The van der Waals surface area contributed by atoms with E-state index in [1.165, 1.54) is 22.7 Å². The Hall–Kier alpha value is -1.85. The van der Waals surface area contributed by atoms with E-state index in [4.69, 9.17) is 11.6 Å². The summed E-state index contributed by atoms with van der Waals surface area (Å²) >= 11 is 9.32. The van der Waals surface area contributed by atoms with E-state index in [-0.39, 0.29) is 24.9 Å². The van der Waals surface area contributed by atoms with Gasteiger partial charge in [-0.1, -0.05) is 34.3 Å². The molecule has 150 valence electrons. The Morgan fingerprint density at radius 2 is 1.29 bits per heavy atom. The summed E-state index contributed by atoms with van der Waals surface area (Å²) in [7, 11) is 7.31. The minimum atomic E-state index is -0.136. The summed E-state index contributed by atoms with van der Waals surface area (Å²) in [6, 6.07) is 0. The van der Waals surface area contributed by atoms with Crippen LogP contribution in [0.5, 0.6) is 0 Å². The second-order valence-electron chi connectivity index (χ2n) is 6.90. The number of amides is 2. The van der Waals surface area contributed by atoms with E-state index in [1.54, 1.807) is 9.80 Å². The van der Waals surface area contributed by atoms with Gasteiger partial charge in [-0.05, 0) is 40.7 Å². The Balaban J connectivity index is 1.95. The van der Waals surface area contributed by atoms with Crippen molar-refractivity contribution in [1.29, 1.82) is 0 Å². The summed E-state index contributed by atoms with van der Waals surface area (Å²) in [4.78, 5) is 36.6. The van der Waals surface area contributed by atoms with E-state index in [2.05, 4.69) is 20.6 Å². The smallest absolute Gasteiger partial charge is 0.240 e. The van der Waals surface area contributed by atoms with Crippen LogP contribution in [-0.4, -0.2) is 72.9 Å². The van der Waals surface area contributed by atoms with E-state index < -0.39 is 0 Å². The number of hydrogen-bond acceptors (Lipinski definition) is 8. The number of fused-ring (bicyclic) bond motifs is 2. The summed E-state index contributed by atoms with van der Waals surface area (Å²) in [6.45, 7) is 2.51. The average Bonchev–Trinajstić information content (AvgIpc) is 3.15. The van der Waals surface area contributed by atoms with Crippen LogP contribution in [0.2, 0.25) is 5.02 Å². The Morgan fingerprint density at radius 1 is 0.893 bits per heavy atom. The molecule has 0 unspecified atom stereocenters. The maximum atomic E-state index is 12.0. The van der Waals surface area contributed by atoms with Crippen molar-refractivity contribution in [3.05, 3.63) is 10.6 Å². The fourth-order valence-electron chi connectivity index (χ4n) is 2.66. The largest absolute Gasteiger partial charge is 0.301 e. The minimum Gasteiger partial charge on any atom is -0.301 e. The van der Waals surface area contributed by atoms with Crippen LogP contribution < -0.4 is 10.6 Å². The van der Waals surface area contributed by atoms with Gasteiger partial charge in [0.25, 0.3) is 0 Å². The number of aromatic nitrogens is 2. The molecule has 2 aromatic heterocycles. The Kier molecular flexibility index (Phi) is 6.15. The van der Waals surface area contributed by atoms with Gasteiger partial charge in [-0.2, -0.15) is 0 Å². The van der Waals surface area contributed by atoms with Crippen LogP contribution in [0.3, 0.4) is 0 Å². The van der Waals surface area contributed by atoms with Gasteiger partial charge in [0.15, 0.2) is 10.3 Å². The van der Waals surface area contributed by atoms with Crippen LogP contribution in [0.25, 0.3) is 20.4 Å². The fraction of sp³-hybridized carbons (Fsp3) is 0.412. The molecule has 2 N–H and O–H groups in total. The SMILES string of the molecule is Cc1c2sc(NC(=O)CN(C)C)nc2c(Cl)c2nc(NC(=O)CN(C)C)sc12. The summed E-state index contributed by atoms with van der Waals surface area (Å²) in [6.07, 6.45) is 0. The second-order valence-corrected chi connectivity index (χ2v) is 9.28. The summed E-state index contributed by atoms with van der Waals surface area (Å²) in [5.41, 5.74) is 2.19. The molecule has 2 amide bonds. The molecule has 0 saturated heterocycles. The quantitative estimate of drug-likeness (QED) is 0.612. The van der Waals surface area contributed by atoms with Gasteiger partial charge in [0.1, 0.15) is 11.0 Å². The molecule has 0 saturated carbocycles. The van der Waals surface area contributed by atoms with Crippen LogP contribution >= 0.6 is 34.3 Å². The molecule has 0 aliphatic heterocycles. The van der Waals surface area contributed by atoms with Crippen molar-refractivity contribution in [3.8, 4) is 0 Å². The monoisotopic (exact) mass is 440 g/mol. The molecule has 28 heavy (non-hydrogen) atoms. The maximum absolute atomic E-state index is 12.0. The van der Waals surface area contributed by atoms with E-state index in [0.717, 1.165) is 15.0 Å². The van der Waals surface area contributed by atoms with Crippen molar-refractivity contribution in [2.45, 2.75) is 6.92 Å². The normalized spacial score (nSPS) is 11.7. The third-order valence-corrected chi connectivity index (χ3v) is 6.30. The number of carbonyl (C=O) groups excluding carboxylic acids is 2. The first kappa shape index (κ1) is 20.9. The fourth-order valence-corrected chi connectivity index (χ4v) is 5.10. The molecule has 0 radical (unpaired) electrons. The van der Waals surface area contributed by atoms with Crippen LogP contribution in [0.15, 0.2) is 0 Å². The van der Waals surface area contributed by atoms with Crippen molar-refractivity contribution in [2.24, 2.45) is 0 Å². The van der Waals surface area contributed by atoms with Crippen LogP contribution in [0.4, 0.5) is 10.3 Å². The number of thiazole rings is 2. The van der Waals surface area contributed by atoms with E-state index in [9.17, 15) is 9.59 Å². The highest BCUT2D eigenvalue weighted by Gasteiger charge is 2.20. The number of aryl methyl sites for hydroxylation is 1. The number of nitrogens with one attached hydrogen (secondary N) is 2. The third kappa shape index (κ3) is 4.41. The standard InChI is InChI=1S/C17H21ClN6O2S2/c1-8-14-12(21-16(27-14)19-9(25)6-23(2)3)11(18)13-15(8)28-17(22-13)20-10(26)7-24(4)5/h6-7H2,1-5H3,(H,19,21,25)(H,20,22,26). The molecular formula is C17H21ClN6O2S2. The zero-order valence-electron chi connectivity index (χ0n) is 16.2. The lowest BCUT2D eigenvalue weighted by molar-refractivity contribution is -0.117. The van der Waals surface area contributed by atoms with Gasteiger partial charge in [-0.3, -0.25) is 9.59 Å². The van der Waals surface area contributed by atoms with E-state index in [0.29, 0.717) is 26.3 Å². The lowest BCUT2D eigenvalue weighted by atomic mass is 10.2. The van der Waals surface area contributed by atoms with Crippen molar-refractivity contribution in [3.63, 3.8) is 0 Å². The van der Waals surface area contributed by atoms with Gasteiger partial charge in [0.05, 0.1) is 27.5 Å². The number of nitrogens with zero attached hydrogens (tertiary/aromatic N) is 4. The number of rotatable bonds is 6. The molecule has 3 rings (SSSR count). The zero-order valence-corrected chi connectivity index (χ0v) is 18.6. The Bertz CT molecular complexity index is 922. The second kappa shape index (κ2) is 8.26. The molecule has 0 spiro atoms. The number of hydrogen-bond donors (Lipinski definition) is 2. The van der Waals surface area contributed by atoms with Crippen LogP contribution in [0, 0.1) is 6.92 Å². The maximum Gasteiger partial charge on any atom is 0.240 e. The first-order chi connectivity index (χ1) is 13.2. The highest BCUT2D eigenvalue weighted by atomic mass is 35.5. The van der Waals surface area contributed by atoms with Gasteiger partial charge in [0.2, 0.25) is 11.8 Å². The van der Waals surface area contributed by atoms with Crippen LogP contribution in [0.1, 0.15) is 5.56 Å². The summed E-state index contributed by atoms with van der Waals surface area (Å²) in [5.74, 6) is -0.271. The lowest BCUT2D eigenvalue weighted by Crippen LogP contribution is -2.26. The molecule has 0 atom stereocenters. The molecule has 3 aromatic rings. The highest BCUT2D eigenvalue weighted by molar-refractivity contribution is 7.25. The molecule has 0 aliphatic rings. The van der Waals surface area contributed by atoms with Crippen LogP contribution in [-0.2, 0) is 9.59 Å². The van der Waals surface area contributed by atoms with Crippen molar-refractivity contribution in [1.82, 2.24) is 19.8 Å². The molecule has 2 heterocycles. The lowest BCUT2D eigenvalue weighted by Gasteiger charge is -2.07. The van der Waals surface area contributed by atoms with Crippen molar-refractivity contribution in [2.75, 3.05) is 51.9 Å². The third-order valence-electron chi connectivity index (χ3n) is 3.76. The molecule has 0 bridgehead atoms. The Labute approximate surface area is 175 Å². The first-order valence-corrected chi connectivity index (χ1v) is 10.4. The minimum absolute atomic E-state index is 0.136. The predicted octanol–water partition coefficient (Wildman–Crippen LogP) is 2.87. The van der Waals surface area contributed by atoms with Gasteiger partial charge in [0, 0.05) is 0 Å².